The molecule has 9 heteroatoms. The summed E-state index contributed by atoms with van der Waals surface area (Å²) < 4.78 is 15.2. The van der Waals surface area contributed by atoms with E-state index in [0.717, 1.165) is 16.9 Å². The first-order valence-corrected chi connectivity index (χ1v) is 11.0. The molecular formula is C24H26FN7O. The zero-order chi connectivity index (χ0) is 23.4. The molecule has 0 saturated carbocycles. The van der Waals surface area contributed by atoms with Crippen LogP contribution >= 0.6 is 0 Å². The lowest BCUT2D eigenvalue weighted by Gasteiger charge is -2.48. The van der Waals surface area contributed by atoms with Crippen LogP contribution in [-0.4, -0.2) is 34.6 Å². The summed E-state index contributed by atoms with van der Waals surface area (Å²) >= 11 is 0. The Balaban J connectivity index is 1.72. The average molecular weight is 448 g/mol. The number of benzene rings is 1. The summed E-state index contributed by atoms with van der Waals surface area (Å²) in [7, 11) is 1.87. The van der Waals surface area contributed by atoms with Crippen LogP contribution in [0.2, 0.25) is 0 Å². The number of amides is 1. The van der Waals surface area contributed by atoms with Gasteiger partial charge in [0.25, 0.3) is 5.91 Å². The number of halogens is 1. The van der Waals surface area contributed by atoms with Crippen molar-refractivity contribution < 1.29 is 9.18 Å². The number of nitrogens with zero attached hydrogens (tertiary/aromatic N) is 5. The number of azo groups is 1. The van der Waals surface area contributed by atoms with E-state index < -0.39 is 23.1 Å². The van der Waals surface area contributed by atoms with Crippen LogP contribution in [-0.2, 0) is 10.2 Å². The fourth-order valence-electron chi connectivity index (χ4n) is 5.23. The highest BCUT2D eigenvalue weighted by Gasteiger charge is 2.55. The molecule has 2 atom stereocenters. The zero-order valence-electron chi connectivity index (χ0n) is 19.1. The summed E-state index contributed by atoms with van der Waals surface area (Å²) in [6.45, 7) is 5.92. The predicted molar refractivity (Wildman–Crippen MR) is 122 cm³/mol. The smallest absolute Gasteiger partial charge is 0.250 e. The van der Waals surface area contributed by atoms with E-state index in [1.54, 1.807) is 18.5 Å². The molecule has 170 valence electrons. The van der Waals surface area contributed by atoms with Gasteiger partial charge in [0, 0.05) is 48.4 Å². The Hall–Kier alpha value is -3.62. The maximum Gasteiger partial charge on any atom is 0.250 e. The lowest BCUT2D eigenvalue weighted by atomic mass is 9.62. The standard InChI is InChI=1S/C24H26FN7O/c1-5-24(14-8-6-9-15(12-14)32(4)22-26-10-7-11-27-22)17-16(13-23(2,3)29-21(17)33)28-20-18(24)19(25)30-31-20/h6-12,20,28H,5,13H2,1-4H3,(H,29,33)/t20?,24-/m0/s1. The molecule has 3 aliphatic rings. The van der Waals surface area contributed by atoms with Crippen molar-refractivity contribution in [3.05, 3.63) is 71.1 Å². The van der Waals surface area contributed by atoms with Gasteiger partial charge < -0.3 is 15.5 Å². The average Bonchev–Trinajstić information content (AvgIpc) is 3.17. The Kier molecular flexibility index (Phi) is 4.81. The molecule has 1 aromatic heterocycles. The molecule has 0 fully saturated rings. The lowest BCUT2D eigenvalue weighted by molar-refractivity contribution is -0.120. The van der Waals surface area contributed by atoms with Gasteiger partial charge in [-0.3, -0.25) is 4.79 Å². The minimum absolute atomic E-state index is 0.202. The number of hydrogen-bond acceptors (Lipinski definition) is 7. The molecule has 0 radical (unpaired) electrons. The predicted octanol–water partition coefficient (Wildman–Crippen LogP) is 4.02. The zero-order valence-corrected chi connectivity index (χ0v) is 19.1. The molecule has 0 bridgehead atoms. The first-order valence-electron chi connectivity index (χ1n) is 11.0. The van der Waals surface area contributed by atoms with Crippen LogP contribution in [0.15, 0.2) is 75.7 Å². The molecule has 1 amide bonds. The number of aromatic nitrogens is 2. The lowest BCUT2D eigenvalue weighted by Crippen LogP contribution is -2.58. The van der Waals surface area contributed by atoms with Crippen molar-refractivity contribution in [3.63, 3.8) is 0 Å². The van der Waals surface area contributed by atoms with Crippen LogP contribution in [0.3, 0.4) is 0 Å². The minimum atomic E-state index is -1.01. The first-order chi connectivity index (χ1) is 15.8. The van der Waals surface area contributed by atoms with Crippen molar-refractivity contribution in [3.8, 4) is 0 Å². The Labute approximate surface area is 191 Å². The van der Waals surface area contributed by atoms with Crippen LogP contribution in [0.4, 0.5) is 16.0 Å². The molecule has 2 N–H and O–H groups in total. The number of nitrogens with one attached hydrogen (secondary N) is 2. The summed E-state index contributed by atoms with van der Waals surface area (Å²) in [4.78, 5) is 24.0. The summed E-state index contributed by atoms with van der Waals surface area (Å²) in [6.07, 6.45) is 3.79. The van der Waals surface area contributed by atoms with Crippen molar-refractivity contribution in [2.45, 2.75) is 50.7 Å². The van der Waals surface area contributed by atoms with Crippen molar-refractivity contribution in [1.82, 2.24) is 20.6 Å². The molecule has 8 nitrogen and oxygen atoms in total. The van der Waals surface area contributed by atoms with Crippen molar-refractivity contribution in [2.75, 3.05) is 11.9 Å². The fourth-order valence-corrected chi connectivity index (χ4v) is 5.23. The van der Waals surface area contributed by atoms with Crippen LogP contribution < -0.4 is 15.5 Å². The number of carbonyl (C=O) groups excluding carboxylic acids is 1. The Morgan fingerprint density at radius 3 is 2.70 bits per heavy atom. The normalized spacial score (nSPS) is 25.4. The van der Waals surface area contributed by atoms with E-state index in [1.807, 2.05) is 57.0 Å². The van der Waals surface area contributed by atoms with Crippen LogP contribution in [0, 0.1) is 0 Å². The van der Waals surface area contributed by atoms with E-state index in [1.165, 1.54) is 0 Å². The second-order valence-corrected chi connectivity index (χ2v) is 9.25. The highest BCUT2D eigenvalue weighted by atomic mass is 19.1. The highest BCUT2D eigenvalue weighted by molar-refractivity contribution is 6.00. The van der Waals surface area contributed by atoms with Crippen LogP contribution in [0.25, 0.3) is 0 Å². The highest BCUT2D eigenvalue weighted by Crippen LogP contribution is 2.53. The van der Waals surface area contributed by atoms with Crippen molar-refractivity contribution in [1.29, 1.82) is 0 Å². The van der Waals surface area contributed by atoms with E-state index in [9.17, 15) is 4.79 Å². The number of anilines is 2. The van der Waals surface area contributed by atoms with E-state index in [-0.39, 0.29) is 5.91 Å². The molecule has 4 heterocycles. The topological polar surface area (TPSA) is 94.9 Å². The molecule has 0 saturated heterocycles. The number of hydrogen-bond donors (Lipinski definition) is 2. The van der Waals surface area contributed by atoms with Gasteiger partial charge in [0.05, 0.1) is 11.0 Å². The quantitative estimate of drug-likeness (QED) is 0.691. The maximum absolute atomic E-state index is 15.2. The van der Waals surface area contributed by atoms with Gasteiger partial charge in [0.2, 0.25) is 11.9 Å². The third kappa shape index (κ3) is 3.21. The monoisotopic (exact) mass is 447 g/mol. The second kappa shape index (κ2) is 7.47. The van der Waals surface area contributed by atoms with Gasteiger partial charge in [-0.25, -0.2) is 9.97 Å². The van der Waals surface area contributed by atoms with Crippen LogP contribution in [0.1, 0.15) is 39.2 Å². The Morgan fingerprint density at radius 2 is 1.97 bits per heavy atom. The Bertz CT molecular complexity index is 1220. The maximum atomic E-state index is 15.2. The number of rotatable bonds is 4. The van der Waals surface area contributed by atoms with Gasteiger partial charge in [0.15, 0.2) is 6.17 Å². The summed E-state index contributed by atoms with van der Waals surface area (Å²) in [5.74, 6) is -0.299. The fraction of sp³-hybridized carbons (Fsp3) is 0.375. The van der Waals surface area contributed by atoms with Crippen molar-refractivity contribution >= 4 is 17.5 Å². The summed E-state index contributed by atoms with van der Waals surface area (Å²) in [6, 6.07) is 9.51. The minimum Gasteiger partial charge on any atom is -0.362 e. The molecule has 1 unspecified atom stereocenters. The number of carbonyl (C=O) groups is 1. The first kappa shape index (κ1) is 21.2. The molecule has 1 aromatic carbocycles. The largest absolute Gasteiger partial charge is 0.362 e. The molecule has 3 aliphatic heterocycles. The van der Waals surface area contributed by atoms with Gasteiger partial charge in [0.1, 0.15) is 0 Å². The SMILES string of the molecule is CC[C@]1(c2cccc(N(C)c3ncccn3)c2)C2=C(CC(C)(C)NC2=O)NC2N=NC(F)=C21. The molecule has 0 aliphatic carbocycles. The van der Waals surface area contributed by atoms with E-state index in [0.29, 0.717) is 29.9 Å². The molecule has 2 aromatic rings. The number of fused-ring (bicyclic) bond motifs is 1. The van der Waals surface area contributed by atoms with Gasteiger partial charge in [-0.05, 0) is 44.0 Å². The van der Waals surface area contributed by atoms with E-state index in [2.05, 4.69) is 30.8 Å². The second-order valence-electron chi connectivity index (χ2n) is 9.25. The van der Waals surface area contributed by atoms with E-state index >= 15 is 4.39 Å². The third-order valence-electron chi connectivity index (χ3n) is 6.66. The van der Waals surface area contributed by atoms with Gasteiger partial charge >= 0.3 is 0 Å². The Morgan fingerprint density at radius 1 is 1.21 bits per heavy atom. The van der Waals surface area contributed by atoms with E-state index in [4.69, 9.17) is 0 Å². The third-order valence-corrected chi connectivity index (χ3v) is 6.66. The molecule has 0 spiro atoms. The molecule has 33 heavy (non-hydrogen) atoms. The molecule has 5 rings (SSSR count). The van der Waals surface area contributed by atoms with Gasteiger partial charge in [-0.1, -0.05) is 19.1 Å². The van der Waals surface area contributed by atoms with Crippen molar-refractivity contribution in [2.24, 2.45) is 10.2 Å². The summed E-state index contributed by atoms with van der Waals surface area (Å²) in [5.41, 5.74) is 1.91. The van der Waals surface area contributed by atoms with Gasteiger partial charge in [-0.2, -0.15) is 9.50 Å². The van der Waals surface area contributed by atoms with Crippen LogP contribution in [0.5, 0.6) is 0 Å². The molecular weight excluding hydrogens is 421 g/mol. The summed E-state index contributed by atoms with van der Waals surface area (Å²) in [5, 5.41) is 14.3. The van der Waals surface area contributed by atoms with Gasteiger partial charge in [-0.15, -0.1) is 5.11 Å².